The monoisotopic (exact) mass is 133 g/mol. The predicted molar refractivity (Wildman–Crippen MR) is 28.4 cm³/mol. The van der Waals surface area contributed by atoms with E-state index in [4.69, 9.17) is 4.55 Å². The zero-order valence-electron chi connectivity index (χ0n) is 4.14. The van der Waals surface area contributed by atoms with E-state index >= 15 is 0 Å². The highest BCUT2D eigenvalue weighted by molar-refractivity contribution is 7.93. The molecule has 0 fully saturated rings. The van der Waals surface area contributed by atoms with Crippen molar-refractivity contribution in [2.75, 3.05) is 0 Å². The highest BCUT2D eigenvalue weighted by atomic mass is 32.2. The lowest BCUT2D eigenvalue weighted by atomic mass is 10.7. The fourth-order valence-corrected chi connectivity index (χ4v) is 0.692. The van der Waals surface area contributed by atoms with Gasteiger partial charge < -0.3 is 10.3 Å². The number of nitrogens with one attached hydrogen (secondary N) is 2. The molecule has 1 rings (SSSR count). The second-order valence-electron chi connectivity index (χ2n) is 1.35. The largest absolute Gasteiger partial charge is 0.325 e. The van der Waals surface area contributed by atoms with Gasteiger partial charge in [0.15, 0.2) is 4.90 Å². The van der Waals surface area contributed by atoms with Crippen LogP contribution in [0.2, 0.25) is 0 Å². The summed E-state index contributed by atoms with van der Waals surface area (Å²) in [5.41, 5.74) is 3.58. The molecule has 1 heterocycles. The van der Waals surface area contributed by atoms with Crippen molar-refractivity contribution >= 4 is 17.9 Å². The SMILES string of the molecule is [NH3+]c1[nH][nH+]cc1SO. The Balaban J connectivity index is 2.92. The molecule has 1 aromatic heterocycles. The molecule has 44 valence electrons. The van der Waals surface area contributed by atoms with Crippen LogP contribution in [-0.2, 0) is 0 Å². The summed E-state index contributed by atoms with van der Waals surface area (Å²) in [6.45, 7) is 0. The molecule has 0 aliphatic rings. The quantitative estimate of drug-likeness (QED) is 0.441. The normalized spacial score (nSPS) is 9.75. The van der Waals surface area contributed by atoms with Gasteiger partial charge in [-0.25, -0.2) is 0 Å². The van der Waals surface area contributed by atoms with Gasteiger partial charge in [-0.3, -0.25) is 0 Å². The first kappa shape index (κ1) is 5.61. The van der Waals surface area contributed by atoms with Crippen molar-refractivity contribution in [1.82, 2.24) is 5.10 Å². The Labute approximate surface area is 50.3 Å². The van der Waals surface area contributed by atoms with Crippen molar-refractivity contribution < 1.29 is 15.4 Å². The number of aromatic amines is 2. The van der Waals surface area contributed by atoms with Crippen LogP contribution in [0.5, 0.6) is 0 Å². The topological polar surface area (TPSA) is 77.8 Å². The molecule has 6 N–H and O–H groups in total. The number of quaternary nitrogens is 1. The van der Waals surface area contributed by atoms with E-state index in [2.05, 4.69) is 15.9 Å². The van der Waals surface area contributed by atoms with Gasteiger partial charge in [-0.1, -0.05) is 0 Å². The Morgan fingerprint density at radius 3 is 2.88 bits per heavy atom. The fourth-order valence-electron chi connectivity index (χ4n) is 0.419. The van der Waals surface area contributed by atoms with Crippen LogP contribution < -0.4 is 10.8 Å². The minimum Gasteiger partial charge on any atom is -0.325 e. The third-order valence-electron chi connectivity index (χ3n) is 0.822. The number of hydrogen-bond donors (Lipinski definition) is 3. The highest BCUT2D eigenvalue weighted by Gasteiger charge is 2.06. The highest BCUT2D eigenvalue weighted by Crippen LogP contribution is 2.14. The number of aromatic nitrogens is 2. The minimum absolute atomic E-state index is 0.677. The first-order valence-corrected chi connectivity index (χ1v) is 2.84. The minimum atomic E-state index is 0.677. The molecule has 1 aromatic rings. The van der Waals surface area contributed by atoms with Gasteiger partial charge in [-0.15, -0.1) is 10.2 Å². The maximum absolute atomic E-state index is 8.44. The first-order valence-electron chi connectivity index (χ1n) is 2.07. The average Bonchev–Trinajstić information content (AvgIpc) is 2.14. The van der Waals surface area contributed by atoms with Crippen LogP contribution in [0.4, 0.5) is 5.82 Å². The van der Waals surface area contributed by atoms with Crippen LogP contribution in [0.1, 0.15) is 0 Å². The molecule has 8 heavy (non-hydrogen) atoms. The van der Waals surface area contributed by atoms with E-state index in [1.165, 1.54) is 0 Å². The molecule has 0 saturated heterocycles. The van der Waals surface area contributed by atoms with Gasteiger partial charge in [0.05, 0.1) is 0 Å². The molecule has 0 unspecified atom stereocenters. The number of H-pyrrole nitrogens is 2. The van der Waals surface area contributed by atoms with Crippen molar-refractivity contribution in [1.29, 1.82) is 0 Å². The van der Waals surface area contributed by atoms with Crippen molar-refractivity contribution in [3.8, 4) is 0 Å². The van der Waals surface area contributed by atoms with Crippen LogP contribution in [0, 0.1) is 0 Å². The molecule has 0 saturated carbocycles. The molecule has 5 heteroatoms. The van der Waals surface area contributed by atoms with Gasteiger partial charge >= 0.3 is 0 Å². The number of hydrogen-bond acceptors (Lipinski definition) is 2. The third-order valence-corrected chi connectivity index (χ3v) is 1.38. The van der Waals surface area contributed by atoms with Crippen LogP contribution in [0.3, 0.4) is 0 Å². The summed E-state index contributed by atoms with van der Waals surface area (Å²) < 4.78 is 8.44. The summed E-state index contributed by atoms with van der Waals surface area (Å²) in [5.74, 6) is 0.706. The lowest BCUT2D eigenvalue weighted by Gasteiger charge is -1.76. The Morgan fingerprint density at radius 1 is 1.88 bits per heavy atom. The van der Waals surface area contributed by atoms with Crippen LogP contribution in [-0.4, -0.2) is 9.65 Å². The first-order chi connectivity index (χ1) is 3.84. The summed E-state index contributed by atoms with van der Waals surface area (Å²) in [6.07, 6.45) is 1.65. The van der Waals surface area contributed by atoms with Crippen molar-refractivity contribution in [2.45, 2.75) is 4.90 Å². The van der Waals surface area contributed by atoms with E-state index in [-0.39, 0.29) is 0 Å². The van der Waals surface area contributed by atoms with Crippen LogP contribution in [0.15, 0.2) is 11.1 Å². The van der Waals surface area contributed by atoms with E-state index in [1.54, 1.807) is 6.20 Å². The smallest absolute Gasteiger partial charge is 0.272 e. The van der Waals surface area contributed by atoms with Crippen molar-refractivity contribution in [3.05, 3.63) is 6.20 Å². The van der Waals surface area contributed by atoms with Gasteiger partial charge in [0, 0.05) is 12.0 Å². The molecule has 0 aliphatic heterocycles. The Morgan fingerprint density at radius 2 is 2.62 bits per heavy atom. The number of rotatable bonds is 1. The Bertz CT molecular complexity index is 175. The molecular formula is C3H7N3OS+2. The van der Waals surface area contributed by atoms with E-state index < -0.39 is 0 Å². The summed E-state index contributed by atoms with van der Waals surface area (Å²) in [4.78, 5) is 0.727. The van der Waals surface area contributed by atoms with E-state index in [0.29, 0.717) is 17.9 Å². The van der Waals surface area contributed by atoms with E-state index in [1.807, 2.05) is 0 Å². The molecule has 4 nitrogen and oxygen atoms in total. The average molecular weight is 133 g/mol. The Hall–Kier alpha value is -0.520. The van der Waals surface area contributed by atoms with Crippen molar-refractivity contribution in [3.63, 3.8) is 0 Å². The molecule has 0 spiro atoms. The second kappa shape index (κ2) is 2.17. The van der Waals surface area contributed by atoms with Crippen molar-refractivity contribution in [2.24, 2.45) is 0 Å². The maximum atomic E-state index is 8.44. The van der Waals surface area contributed by atoms with Crippen LogP contribution in [0.25, 0.3) is 0 Å². The Kier molecular flexibility index (Phi) is 1.52. The van der Waals surface area contributed by atoms with E-state index in [9.17, 15) is 0 Å². The summed E-state index contributed by atoms with van der Waals surface area (Å²) in [7, 11) is 0. The van der Waals surface area contributed by atoms with Gasteiger partial charge in [0.25, 0.3) is 5.82 Å². The molecule has 0 bridgehead atoms. The lowest BCUT2D eigenvalue weighted by Crippen LogP contribution is -2.41. The van der Waals surface area contributed by atoms with Gasteiger partial charge in [0.1, 0.15) is 0 Å². The molecule has 0 radical (unpaired) electrons. The summed E-state index contributed by atoms with van der Waals surface area (Å²) >= 11 is 0.677. The zero-order valence-corrected chi connectivity index (χ0v) is 4.96. The molecule has 0 amide bonds. The maximum Gasteiger partial charge on any atom is 0.272 e. The summed E-state index contributed by atoms with van der Waals surface area (Å²) in [5, 5.41) is 5.38. The summed E-state index contributed by atoms with van der Waals surface area (Å²) in [6, 6.07) is 0. The van der Waals surface area contributed by atoms with Gasteiger partial charge in [0.2, 0.25) is 6.20 Å². The van der Waals surface area contributed by atoms with Gasteiger partial charge in [-0.05, 0) is 0 Å². The second-order valence-corrected chi connectivity index (χ2v) is 1.97. The molecule has 0 atom stereocenters. The molecule has 0 aromatic carbocycles. The third kappa shape index (κ3) is 0.835. The van der Waals surface area contributed by atoms with E-state index in [0.717, 1.165) is 4.90 Å². The lowest BCUT2D eigenvalue weighted by molar-refractivity contribution is -0.458. The predicted octanol–water partition coefficient (Wildman–Crippen LogP) is -0.733. The standard InChI is InChI=1S/C3H5N3OS/c4-3-2(8-7)1-5-6-3/h1,7H,(H3,4,5,6)/p+2. The molecular weight excluding hydrogens is 126 g/mol. The van der Waals surface area contributed by atoms with Crippen LogP contribution >= 0.6 is 12.0 Å². The fraction of sp³-hybridized carbons (Fsp3) is 0. The molecule has 0 aliphatic carbocycles. The van der Waals surface area contributed by atoms with Gasteiger partial charge in [-0.2, -0.15) is 0 Å². The zero-order chi connectivity index (χ0) is 5.98.